The van der Waals surface area contributed by atoms with Crippen LogP contribution in [0.4, 0.5) is 6.01 Å². The van der Waals surface area contributed by atoms with Gasteiger partial charge in [0.15, 0.2) is 5.58 Å². The van der Waals surface area contributed by atoms with E-state index in [1.165, 1.54) is 0 Å². The molecule has 3 rings (SSSR count). The van der Waals surface area contributed by atoms with E-state index in [1.807, 2.05) is 24.3 Å². The van der Waals surface area contributed by atoms with Crippen molar-refractivity contribution in [3.8, 4) is 0 Å². The Hall–Kier alpha value is -2.08. The summed E-state index contributed by atoms with van der Waals surface area (Å²) < 4.78 is 5.80. The number of oxazole rings is 1. The Labute approximate surface area is 122 Å². The highest BCUT2D eigenvalue weighted by Gasteiger charge is 2.23. The highest BCUT2D eigenvalue weighted by atomic mass is 16.4. The summed E-state index contributed by atoms with van der Waals surface area (Å²) in [5.74, 6) is -0.394. The maximum atomic E-state index is 10.5. The van der Waals surface area contributed by atoms with Crippen molar-refractivity contribution in [3.05, 3.63) is 24.3 Å². The zero-order valence-corrected chi connectivity index (χ0v) is 11.8. The fourth-order valence-corrected chi connectivity index (χ4v) is 2.78. The van der Waals surface area contributed by atoms with Crippen LogP contribution in [0.25, 0.3) is 11.1 Å². The van der Waals surface area contributed by atoms with Crippen molar-refractivity contribution in [2.75, 3.05) is 31.1 Å². The Morgan fingerprint density at radius 2 is 2.33 bits per heavy atom. The van der Waals surface area contributed by atoms with Crippen LogP contribution in [0.3, 0.4) is 0 Å². The molecular weight excluding hydrogens is 270 g/mol. The Morgan fingerprint density at radius 3 is 3.14 bits per heavy atom. The van der Waals surface area contributed by atoms with Gasteiger partial charge in [0.25, 0.3) is 6.01 Å². The van der Waals surface area contributed by atoms with Gasteiger partial charge in [0, 0.05) is 19.6 Å². The van der Waals surface area contributed by atoms with Crippen molar-refractivity contribution >= 4 is 23.1 Å². The summed E-state index contributed by atoms with van der Waals surface area (Å²) in [4.78, 5) is 17.2. The van der Waals surface area contributed by atoms with Crippen LogP contribution >= 0.6 is 0 Å². The number of benzene rings is 1. The topological polar surface area (TPSA) is 78.6 Å². The fraction of sp³-hybridized carbons (Fsp3) is 0.467. The van der Waals surface area contributed by atoms with E-state index in [1.54, 1.807) is 0 Å². The van der Waals surface area contributed by atoms with Crippen LogP contribution in [0.15, 0.2) is 28.7 Å². The maximum Gasteiger partial charge on any atom is 0.317 e. The Bertz CT molecular complexity index is 592. The number of piperidine rings is 1. The number of nitrogens with one attached hydrogen (secondary N) is 1. The molecule has 1 aliphatic rings. The number of fused-ring (bicyclic) bond motifs is 1. The first-order valence-corrected chi connectivity index (χ1v) is 7.25. The van der Waals surface area contributed by atoms with Gasteiger partial charge in [-0.3, -0.25) is 4.79 Å². The molecule has 0 bridgehead atoms. The van der Waals surface area contributed by atoms with E-state index in [9.17, 15) is 4.79 Å². The Balaban J connectivity index is 1.63. The normalized spacial score (nSPS) is 19.0. The minimum absolute atomic E-state index is 0.0133. The molecule has 0 radical (unpaired) electrons. The number of rotatable bonds is 5. The monoisotopic (exact) mass is 289 g/mol. The second kappa shape index (κ2) is 6.13. The third-order valence-electron chi connectivity index (χ3n) is 3.78. The number of aromatic nitrogens is 1. The lowest BCUT2D eigenvalue weighted by Crippen LogP contribution is -2.40. The predicted molar refractivity (Wildman–Crippen MR) is 79.5 cm³/mol. The molecule has 2 N–H and O–H groups in total. The van der Waals surface area contributed by atoms with Gasteiger partial charge in [-0.15, -0.1) is 0 Å². The van der Waals surface area contributed by atoms with Crippen molar-refractivity contribution in [1.82, 2.24) is 10.3 Å². The summed E-state index contributed by atoms with van der Waals surface area (Å²) in [7, 11) is 0. The molecule has 0 aliphatic carbocycles. The first kappa shape index (κ1) is 13.9. The van der Waals surface area contributed by atoms with Gasteiger partial charge in [0.2, 0.25) is 0 Å². The molecule has 0 saturated carbocycles. The van der Waals surface area contributed by atoms with Crippen molar-refractivity contribution in [2.24, 2.45) is 5.92 Å². The van der Waals surface area contributed by atoms with Crippen molar-refractivity contribution in [1.29, 1.82) is 0 Å². The molecule has 1 atom stereocenters. The number of nitrogens with zero attached hydrogens (tertiary/aromatic N) is 2. The van der Waals surface area contributed by atoms with Gasteiger partial charge in [-0.1, -0.05) is 12.1 Å². The van der Waals surface area contributed by atoms with Crippen molar-refractivity contribution in [3.63, 3.8) is 0 Å². The molecule has 6 nitrogen and oxygen atoms in total. The minimum Gasteiger partial charge on any atom is -0.480 e. The van der Waals surface area contributed by atoms with E-state index < -0.39 is 5.97 Å². The van der Waals surface area contributed by atoms with Crippen molar-refractivity contribution < 1.29 is 14.3 Å². The van der Waals surface area contributed by atoms with Gasteiger partial charge < -0.3 is 19.7 Å². The van der Waals surface area contributed by atoms with E-state index >= 15 is 0 Å². The van der Waals surface area contributed by atoms with Crippen LogP contribution in [0.2, 0.25) is 0 Å². The van der Waals surface area contributed by atoms with Gasteiger partial charge >= 0.3 is 5.97 Å². The average molecular weight is 289 g/mol. The Kier molecular flexibility index (Phi) is 4.06. The summed E-state index contributed by atoms with van der Waals surface area (Å²) in [6, 6.07) is 8.41. The van der Waals surface area contributed by atoms with Crippen LogP contribution in [-0.2, 0) is 4.79 Å². The third kappa shape index (κ3) is 3.33. The van der Waals surface area contributed by atoms with Crippen molar-refractivity contribution in [2.45, 2.75) is 12.8 Å². The highest BCUT2D eigenvalue weighted by molar-refractivity contribution is 5.74. The summed E-state index contributed by atoms with van der Waals surface area (Å²) in [6.07, 6.45) is 2.17. The quantitative estimate of drug-likeness (QED) is 0.872. The number of para-hydroxylation sites is 2. The number of aliphatic carboxylic acids is 1. The minimum atomic E-state index is -0.818. The van der Waals surface area contributed by atoms with Crippen LogP contribution in [-0.4, -0.2) is 42.2 Å². The molecule has 0 spiro atoms. The lowest BCUT2D eigenvalue weighted by Gasteiger charge is -2.31. The highest BCUT2D eigenvalue weighted by Crippen LogP contribution is 2.25. The second-order valence-electron chi connectivity index (χ2n) is 5.44. The molecule has 2 heterocycles. The smallest absolute Gasteiger partial charge is 0.317 e. The van der Waals surface area contributed by atoms with Gasteiger partial charge in [0.1, 0.15) is 5.52 Å². The SMILES string of the molecule is O=C(O)CNCC1CCCN(c2nc3ccccc3o2)C1. The molecule has 2 aromatic rings. The van der Waals surface area contributed by atoms with E-state index in [4.69, 9.17) is 9.52 Å². The lowest BCUT2D eigenvalue weighted by atomic mass is 9.98. The third-order valence-corrected chi connectivity index (χ3v) is 3.78. The average Bonchev–Trinajstić information content (AvgIpc) is 2.91. The molecular formula is C15H19N3O3. The zero-order valence-electron chi connectivity index (χ0n) is 11.8. The first-order chi connectivity index (χ1) is 10.2. The number of carbonyl (C=O) groups is 1. The lowest BCUT2D eigenvalue weighted by molar-refractivity contribution is -0.136. The van der Waals surface area contributed by atoms with Gasteiger partial charge in [0.05, 0.1) is 6.54 Å². The Morgan fingerprint density at radius 1 is 1.48 bits per heavy atom. The number of anilines is 1. The van der Waals surface area contributed by atoms with Crippen LogP contribution in [0.1, 0.15) is 12.8 Å². The van der Waals surface area contributed by atoms with Gasteiger partial charge in [-0.2, -0.15) is 4.98 Å². The first-order valence-electron chi connectivity index (χ1n) is 7.25. The van der Waals surface area contributed by atoms with Crippen LogP contribution in [0, 0.1) is 5.92 Å². The second-order valence-corrected chi connectivity index (χ2v) is 5.44. The molecule has 1 aromatic heterocycles. The molecule has 1 fully saturated rings. The predicted octanol–water partition coefficient (Wildman–Crippen LogP) is 1.72. The fourth-order valence-electron chi connectivity index (χ4n) is 2.78. The maximum absolute atomic E-state index is 10.5. The molecule has 1 unspecified atom stereocenters. The molecule has 1 aliphatic heterocycles. The van der Waals surface area contributed by atoms with E-state index in [2.05, 4.69) is 15.2 Å². The molecule has 6 heteroatoms. The number of carboxylic acid groups (broad SMARTS) is 1. The number of hydrogen-bond donors (Lipinski definition) is 2. The largest absolute Gasteiger partial charge is 0.480 e. The van der Waals surface area contributed by atoms with E-state index in [0.717, 1.165) is 37.0 Å². The van der Waals surface area contributed by atoms with E-state index in [-0.39, 0.29) is 6.54 Å². The molecule has 21 heavy (non-hydrogen) atoms. The van der Waals surface area contributed by atoms with Gasteiger partial charge in [-0.05, 0) is 30.9 Å². The molecule has 1 saturated heterocycles. The summed E-state index contributed by atoms with van der Waals surface area (Å²) in [5, 5.41) is 11.6. The standard InChI is InChI=1S/C15H19N3O3/c19-14(20)9-16-8-11-4-3-7-18(10-11)15-17-12-5-1-2-6-13(12)21-15/h1-2,5-6,11,16H,3-4,7-10H2,(H,19,20). The van der Waals surface area contributed by atoms with Crippen LogP contribution in [0.5, 0.6) is 0 Å². The molecule has 0 amide bonds. The van der Waals surface area contributed by atoms with E-state index in [0.29, 0.717) is 18.5 Å². The molecule has 1 aromatic carbocycles. The van der Waals surface area contributed by atoms with Gasteiger partial charge in [-0.25, -0.2) is 0 Å². The molecule has 112 valence electrons. The number of carboxylic acids is 1. The zero-order chi connectivity index (χ0) is 14.7. The van der Waals surface area contributed by atoms with Crippen LogP contribution < -0.4 is 10.2 Å². The number of hydrogen-bond acceptors (Lipinski definition) is 5. The summed E-state index contributed by atoms with van der Waals surface area (Å²) in [5.41, 5.74) is 1.68. The summed E-state index contributed by atoms with van der Waals surface area (Å²) in [6.45, 7) is 2.50. The summed E-state index contributed by atoms with van der Waals surface area (Å²) >= 11 is 0.